The summed E-state index contributed by atoms with van der Waals surface area (Å²) in [6.45, 7) is -2.74. The zero-order chi connectivity index (χ0) is 24.0. The van der Waals surface area contributed by atoms with Crippen molar-refractivity contribution in [2.45, 2.75) is 19.3 Å². The molecule has 9 heteroatoms. The predicted octanol–water partition coefficient (Wildman–Crippen LogP) is 5.66. The van der Waals surface area contributed by atoms with Crippen molar-refractivity contribution < 1.29 is 32.8 Å². The SMILES string of the molecule is COc1ccc(CNc2ccc(Cl)cc2C(O)c2cccc(OC)c2OC(F)F)c(OC)c1. The molecule has 33 heavy (non-hydrogen) atoms. The van der Waals surface area contributed by atoms with E-state index >= 15 is 0 Å². The Hall–Kier alpha value is -3.23. The van der Waals surface area contributed by atoms with Crippen LogP contribution in [-0.2, 0) is 6.54 Å². The third-order valence-corrected chi connectivity index (χ3v) is 5.24. The molecule has 0 amide bonds. The summed E-state index contributed by atoms with van der Waals surface area (Å²) in [5.41, 5.74) is 1.89. The molecule has 3 rings (SSSR count). The van der Waals surface area contributed by atoms with Gasteiger partial charge in [0.25, 0.3) is 0 Å². The number of para-hydroxylation sites is 1. The first-order valence-corrected chi connectivity index (χ1v) is 10.3. The van der Waals surface area contributed by atoms with Crippen LogP contribution in [-0.4, -0.2) is 33.0 Å². The summed E-state index contributed by atoms with van der Waals surface area (Å²) in [7, 11) is 4.46. The number of hydrogen-bond acceptors (Lipinski definition) is 6. The van der Waals surface area contributed by atoms with Gasteiger partial charge in [0, 0.05) is 40.0 Å². The van der Waals surface area contributed by atoms with Gasteiger partial charge in [-0.15, -0.1) is 0 Å². The van der Waals surface area contributed by atoms with Gasteiger partial charge in [-0.05, 0) is 36.4 Å². The summed E-state index contributed by atoms with van der Waals surface area (Å²) in [6, 6.07) is 14.9. The smallest absolute Gasteiger partial charge is 0.387 e. The highest BCUT2D eigenvalue weighted by molar-refractivity contribution is 6.30. The van der Waals surface area contributed by atoms with Gasteiger partial charge >= 0.3 is 6.61 Å². The number of nitrogens with one attached hydrogen (secondary N) is 1. The third kappa shape index (κ3) is 5.77. The largest absolute Gasteiger partial charge is 0.497 e. The second-order valence-electron chi connectivity index (χ2n) is 6.92. The summed E-state index contributed by atoms with van der Waals surface area (Å²) < 4.78 is 46.5. The number of aliphatic hydroxyl groups is 1. The molecule has 3 aromatic carbocycles. The van der Waals surface area contributed by atoms with Gasteiger partial charge in [-0.25, -0.2) is 0 Å². The minimum absolute atomic E-state index is 0.0753. The van der Waals surface area contributed by atoms with Crippen LogP contribution in [0.2, 0.25) is 5.02 Å². The van der Waals surface area contributed by atoms with Gasteiger partial charge in [-0.3, -0.25) is 0 Å². The summed E-state index contributed by atoms with van der Waals surface area (Å²) in [5.74, 6) is 1.11. The van der Waals surface area contributed by atoms with E-state index in [1.807, 2.05) is 6.07 Å². The Morgan fingerprint density at radius 3 is 2.33 bits per heavy atom. The molecule has 0 heterocycles. The van der Waals surface area contributed by atoms with E-state index < -0.39 is 12.7 Å². The molecule has 0 bridgehead atoms. The number of benzene rings is 3. The van der Waals surface area contributed by atoms with Crippen LogP contribution in [0.1, 0.15) is 22.8 Å². The Morgan fingerprint density at radius 2 is 1.67 bits per heavy atom. The Bertz CT molecular complexity index is 1100. The molecular formula is C24H24ClF2NO5. The monoisotopic (exact) mass is 479 g/mol. The molecule has 0 radical (unpaired) electrons. The number of halogens is 3. The summed E-state index contributed by atoms with van der Waals surface area (Å²) in [5, 5.41) is 14.8. The maximum Gasteiger partial charge on any atom is 0.387 e. The van der Waals surface area contributed by atoms with E-state index in [0.717, 1.165) is 5.56 Å². The van der Waals surface area contributed by atoms with Crippen LogP contribution in [0.3, 0.4) is 0 Å². The van der Waals surface area contributed by atoms with Gasteiger partial charge in [0.15, 0.2) is 11.5 Å². The lowest BCUT2D eigenvalue weighted by molar-refractivity contribution is -0.0526. The van der Waals surface area contributed by atoms with E-state index in [1.54, 1.807) is 50.6 Å². The number of aliphatic hydroxyl groups excluding tert-OH is 1. The van der Waals surface area contributed by atoms with E-state index in [2.05, 4.69) is 10.1 Å². The summed E-state index contributed by atoms with van der Waals surface area (Å²) in [6.07, 6.45) is -1.33. The molecule has 3 aromatic rings. The second-order valence-corrected chi connectivity index (χ2v) is 7.36. The normalized spacial score (nSPS) is 11.8. The van der Waals surface area contributed by atoms with Gasteiger partial charge in [0.2, 0.25) is 0 Å². The molecular weight excluding hydrogens is 456 g/mol. The lowest BCUT2D eigenvalue weighted by atomic mass is 9.98. The van der Waals surface area contributed by atoms with Crippen LogP contribution in [0.15, 0.2) is 54.6 Å². The number of ether oxygens (including phenoxy) is 4. The number of alkyl halides is 2. The van der Waals surface area contributed by atoms with Crippen molar-refractivity contribution in [3.63, 3.8) is 0 Å². The van der Waals surface area contributed by atoms with E-state index in [4.69, 9.17) is 25.8 Å². The molecule has 0 aromatic heterocycles. The maximum atomic E-state index is 13.0. The molecule has 0 spiro atoms. The van der Waals surface area contributed by atoms with Crippen molar-refractivity contribution in [2.24, 2.45) is 0 Å². The lowest BCUT2D eigenvalue weighted by Gasteiger charge is -2.21. The summed E-state index contributed by atoms with van der Waals surface area (Å²) in [4.78, 5) is 0. The molecule has 0 aliphatic carbocycles. The standard InChI is InChI=1S/C24H24ClF2NO5/c1-30-16-9-7-14(21(12-16)32-3)13-28-19-10-8-15(25)11-18(19)22(29)17-5-4-6-20(31-2)23(17)33-24(26)27/h4-12,22,24,28-29H,13H2,1-3H3. The molecule has 0 fully saturated rings. The Kier molecular flexibility index (Phi) is 8.19. The van der Waals surface area contributed by atoms with Crippen LogP contribution in [0.4, 0.5) is 14.5 Å². The van der Waals surface area contributed by atoms with Gasteiger partial charge in [0.05, 0.1) is 21.3 Å². The van der Waals surface area contributed by atoms with Crippen molar-refractivity contribution in [2.75, 3.05) is 26.6 Å². The van der Waals surface area contributed by atoms with Crippen molar-refractivity contribution >= 4 is 17.3 Å². The van der Waals surface area contributed by atoms with Crippen molar-refractivity contribution in [3.05, 3.63) is 76.3 Å². The second kappa shape index (κ2) is 11.1. The van der Waals surface area contributed by atoms with Gasteiger partial charge in [-0.2, -0.15) is 8.78 Å². The minimum Gasteiger partial charge on any atom is -0.497 e. The summed E-state index contributed by atoms with van der Waals surface area (Å²) >= 11 is 6.18. The van der Waals surface area contributed by atoms with Crippen molar-refractivity contribution in [3.8, 4) is 23.0 Å². The van der Waals surface area contributed by atoms with Gasteiger partial charge in [-0.1, -0.05) is 23.7 Å². The van der Waals surface area contributed by atoms with E-state index in [-0.39, 0.29) is 17.1 Å². The Morgan fingerprint density at radius 1 is 0.909 bits per heavy atom. The first-order chi connectivity index (χ1) is 15.9. The highest BCUT2D eigenvalue weighted by Gasteiger charge is 2.24. The number of methoxy groups -OCH3 is 3. The fourth-order valence-corrected chi connectivity index (χ4v) is 3.58. The van der Waals surface area contributed by atoms with Crippen LogP contribution in [0, 0.1) is 0 Å². The molecule has 0 aliphatic rings. The zero-order valence-electron chi connectivity index (χ0n) is 18.3. The molecule has 0 aliphatic heterocycles. The first kappa shape index (κ1) is 24.4. The minimum atomic E-state index is -3.09. The predicted molar refractivity (Wildman–Crippen MR) is 122 cm³/mol. The van der Waals surface area contributed by atoms with Crippen LogP contribution in [0.25, 0.3) is 0 Å². The quantitative estimate of drug-likeness (QED) is 0.391. The molecule has 6 nitrogen and oxygen atoms in total. The highest BCUT2D eigenvalue weighted by atomic mass is 35.5. The van der Waals surface area contributed by atoms with Crippen LogP contribution >= 0.6 is 11.6 Å². The zero-order valence-corrected chi connectivity index (χ0v) is 19.0. The third-order valence-electron chi connectivity index (χ3n) is 5.00. The topological polar surface area (TPSA) is 69.2 Å². The molecule has 0 saturated heterocycles. The Labute approximate surface area is 195 Å². The highest BCUT2D eigenvalue weighted by Crippen LogP contribution is 2.41. The molecule has 1 atom stereocenters. The average Bonchev–Trinajstić information content (AvgIpc) is 2.82. The van der Waals surface area contributed by atoms with E-state index in [9.17, 15) is 13.9 Å². The van der Waals surface area contributed by atoms with Crippen molar-refractivity contribution in [1.82, 2.24) is 0 Å². The molecule has 2 N–H and O–H groups in total. The number of anilines is 1. The number of hydrogen-bond donors (Lipinski definition) is 2. The van der Waals surface area contributed by atoms with E-state index in [0.29, 0.717) is 34.3 Å². The van der Waals surface area contributed by atoms with Crippen molar-refractivity contribution in [1.29, 1.82) is 0 Å². The lowest BCUT2D eigenvalue weighted by Crippen LogP contribution is -2.11. The molecule has 0 saturated carbocycles. The average molecular weight is 480 g/mol. The van der Waals surface area contributed by atoms with Gasteiger partial charge < -0.3 is 29.4 Å². The fraction of sp³-hybridized carbons (Fsp3) is 0.250. The Balaban J connectivity index is 1.95. The first-order valence-electron chi connectivity index (χ1n) is 9.92. The van der Waals surface area contributed by atoms with E-state index in [1.165, 1.54) is 19.2 Å². The fourth-order valence-electron chi connectivity index (χ4n) is 3.40. The number of rotatable bonds is 10. The maximum absolute atomic E-state index is 13.0. The van der Waals surface area contributed by atoms with Gasteiger partial charge in [0.1, 0.15) is 17.6 Å². The molecule has 176 valence electrons. The van der Waals surface area contributed by atoms with Crippen LogP contribution < -0.4 is 24.3 Å². The van der Waals surface area contributed by atoms with Crippen LogP contribution in [0.5, 0.6) is 23.0 Å². The molecule has 1 unspecified atom stereocenters.